The van der Waals surface area contributed by atoms with Crippen LogP contribution in [-0.4, -0.2) is 41.2 Å². The molecule has 0 heterocycles. The molecule has 0 amide bonds. The summed E-state index contributed by atoms with van der Waals surface area (Å²) < 4.78 is 35.9. The molecule has 15 heavy (non-hydrogen) atoms. The van der Waals surface area contributed by atoms with E-state index < -0.39 is 24.4 Å². The van der Waals surface area contributed by atoms with Crippen molar-refractivity contribution in [2.24, 2.45) is 0 Å². The number of aliphatic hydroxyl groups is 2. The molecule has 92 valence electrons. The largest absolute Gasteiger partial charge is 0.415 e. The maximum Gasteiger partial charge on any atom is 0.415 e. The number of aliphatic hydroxyl groups excluding tert-OH is 2. The van der Waals surface area contributed by atoms with Gasteiger partial charge in [-0.3, -0.25) is 0 Å². The molecule has 2 unspecified atom stereocenters. The van der Waals surface area contributed by atoms with Crippen LogP contribution in [0.5, 0.6) is 0 Å². The predicted octanol–water partition coefficient (Wildman–Crippen LogP) is 1.05. The third-order valence-corrected chi connectivity index (χ3v) is 2.54. The molecule has 0 radical (unpaired) electrons. The van der Waals surface area contributed by atoms with E-state index in [9.17, 15) is 13.2 Å². The van der Waals surface area contributed by atoms with Gasteiger partial charge in [0.15, 0.2) is 6.10 Å². The quantitative estimate of drug-likeness (QED) is 0.638. The van der Waals surface area contributed by atoms with Crippen molar-refractivity contribution in [3.8, 4) is 0 Å². The Balaban J connectivity index is 4.11. The number of halogens is 3. The molecular weight excluding hydrogens is 211 g/mol. The lowest BCUT2D eigenvalue weighted by atomic mass is 9.95. The van der Waals surface area contributed by atoms with Gasteiger partial charge in [-0.25, -0.2) is 0 Å². The zero-order chi connectivity index (χ0) is 12.1. The molecule has 0 bridgehead atoms. The first-order valence-corrected chi connectivity index (χ1v) is 4.86. The lowest BCUT2D eigenvalue weighted by Gasteiger charge is -2.30. The number of rotatable bonds is 6. The summed E-state index contributed by atoms with van der Waals surface area (Å²) in [4.78, 5) is 0. The molecule has 3 N–H and O–H groups in total. The molecule has 0 aromatic carbocycles. The molecule has 0 saturated carbocycles. The highest BCUT2D eigenvalue weighted by atomic mass is 19.4. The molecule has 0 spiro atoms. The van der Waals surface area contributed by atoms with Gasteiger partial charge in [0.05, 0.1) is 0 Å². The second-order valence-corrected chi connectivity index (χ2v) is 3.83. The fourth-order valence-corrected chi connectivity index (χ4v) is 1.10. The van der Waals surface area contributed by atoms with Crippen LogP contribution in [0.25, 0.3) is 0 Å². The van der Waals surface area contributed by atoms with Crippen molar-refractivity contribution in [2.45, 2.75) is 44.5 Å². The van der Waals surface area contributed by atoms with Crippen molar-refractivity contribution in [1.82, 2.24) is 5.32 Å². The molecule has 0 aromatic rings. The molecule has 0 aliphatic rings. The Labute approximate surface area is 87.3 Å². The van der Waals surface area contributed by atoms with Crippen LogP contribution in [0.15, 0.2) is 0 Å². The number of alkyl halides is 3. The number of nitrogens with one attached hydrogen (secondary N) is 1. The highest BCUT2D eigenvalue weighted by Gasteiger charge is 2.38. The van der Waals surface area contributed by atoms with Crippen molar-refractivity contribution in [3.05, 3.63) is 0 Å². The maximum atomic E-state index is 12.0. The second-order valence-electron chi connectivity index (χ2n) is 3.83. The Bertz CT molecular complexity index is 187. The fourth-order valence-electron chi connectivity index (χ4n) is 1.10. The monoisotopic (exact) mass is 229 g/mol. The van der Waals surface area contributed by atoms with Gasteiger partial charge in [-0.05, 0) is 19.8 Å². The highest BCUT2D eigenvalue weighted by Crippen LogP contribution is 2.21. The van der Waals surface area contributed by atoms with E-state index in [0.29, 0.717) is 12.8 Å². The molecule has 0 aliphatic carbocycles. The molecule has 0 aliphatic heterocycles. The summed E-state index contributed by atoms with van der Waals surface area (Å²) in [5.41, 5.74) is -0.568. The first kappa shape index (κ1) is 14.7. The van der Waals surface area contributed by atoms with Crippen molar-refractivity contribution in [3.63, 3.8) is 0 Å². The van der Waals surface area contributed by atoms with Crippen LogP contribution in [0, 0.1) is 0 Å². The van der Waals surface area contributed by atoms with E-state index in [1.807, 2.05) is 6.92 Å². The maximum absolute atomic E-state index is 12.0. The summed E-state index contributed by atoms with van der Waals surface area (Å²) in [5.74, 6) is 0. The van der Waals surface area contributed by atoms with Gasteiger partial charge in [-0.2, -0.15) is 13.2 Å². The van der Waals surface area contributed by atoms with Crippen LogP contribution in [0.2, 0.25) is 0 Å². The molecule has 0 rings (SSSR count). The van der Waals surface area contributed by atoms with Crippen LogP contribution >= 0.6 is 0 Å². The van der Waals surface area contributed by atoms with Crippen molar-refractivity contribution < 1.29 is 23.4 Å². The van der Waals surface area contributed by atoms with Gasteiger partial charge in [-0.15, -0.1) is 0 Å². The van der Waals surface area contributed by atoms with E-state index in [-0.39, 0.29) is 6.61 Å². The zero-order valence-electron chi connectivity index (χ0n) is 8.93. The number of β-amino-alcohol motifs (C(OH)–C–C–N with tert-alkyl or cyclic N) is 1. The molecule has 2 atom stereocenters. The van der Waals surface area contributed by atoms with Crippen LogP contribution < -0.4 is 5.32 Å². The van der Waals surface area contributed by atoms with Crippen LogP contribution in [-0.2, 0) is 0 Å². The van der Waals surface area contributed by atoms with E-state index in [4.69, 9.17) is 10.2 Å². The number of hydrogen-bond donors (Lipinski definition) is 3. The van der Waals surface area contributed by atoms with E-state index in [2.05, 4.69) is 5.32 Å². The van der Waals surface area contributed by atoms with Crippen molar-refractivity contribution in [1.29, 1.82) is 0 Å². The molecule has 0 aromatic heterocycles. The van der Waals surface area contributed by atoms with Crippen LogP contribution in [0.1, 0.15) is 26.7 Å². The van der Waals surface area contributed by atoms with E-state index in [0.717, 1.165) is 0 Å². The normalized spacial score (nSPS) is 18.6. The van der Waals surface area contributed by atoms with E-state index in [1.54, 1.807) is 6.92 Å². The predicted molar refractivity (Wildman–Crippen MR) is 50.5 cm³/mol. The Kier molecular flexibility index (Phi) is 5.55. The molecular formula is C9H18F3NO2. The third-order valence-electron chi connectivity index (χ3n) is 2.54. The minimum absolute atomic E-state index is 0.0978. The molecule has 0 fully saturated rings. The van der Waals surface area contributed by atoms with Crippen molar-refractivity contribution in [2.75, 3.05) is 13.2 Å². The summed E-state index contributed by atoms with van der Waals surface area (Å²) in [6.07, 6.45) is -6.02. The van der Waals surface area contributed by atoms with E-state index >= 15 is 0 Å². The average Bonchev–Trinajstić information content (AvgIpc) is 2.13. The van der Waals surface area contributed by atoms with Crippen LogP contribution in [0.4, 0.5) is 13.2 Å². The summed E-state index contributed by atoms with van der Waals surface area (Å²) in [7, 11) is 0. The lowest BCUT2D eigenvalue weighted by Crippen LogP contribution is -2.49. The number of hydrogen-bond acceptors (Lipinski definition) is 3. The van der Waals surface area contributed by atoms with Gasteiger partial charge in [0, 0.05) is 18.7 Å². The third kappa shape index (κ3) is 5.34. The van der Waals surface area contributed by atoms with Crippen molar-refractivity contribution >= 4 is 0 Å². The Morgan fingerprint density at radius 2 is 1.87 bits per heavy atom. The first-order valence-electron chi connectivity index (χ1n) is 4.86. The smallest absolute Gasteiger partial charge is 0.396 e. The summed E-state index contributed by atoms with van der Waals surface area (Å²) in [6, 6.07) is 0. The van der Waals surface area contributed by atoms with E-state index in [1.165, 1.54) is 0 Å². The Morgan fingerprint density at radius 1 is 1.33 bits per heavy atom. The lowest BCUT2D eigenvalue weighted by molar-refractivity contribution is -0.202. The second kappa shape index (κ2) is 5.67. The van der Waals surface area contributed by atoms with Gasteiger partial charge in [0.1, 0.15) is 0 Å². The first-order chi connectivity index (χ1) is 6.75. The Hall–Kier alpha value is -0.330. The SMILES string of the molecule is CCC(C)(CCO)NCC(O)C(F)(F)F. The highest BCUT2D eigenvalue weighted by molar-refractivity contribution is 4.83. The minimum Gasteiger partial charge on any atom is -0.396 e. The van der Waals surface area contributed by atoms with Gasteiger partial charge >= 0.3 is 6.18 Å². The van der Waals surface area contributed by atoms with Gasteiger partial charge in [0.2, 0.25) is 0 Å². The summed E-state index contributed by atoms with van der Waals surface area (Å²) in [5, 5.41) is 20.1. The molecule has 6 heteroatoms. The fraction of sp³-hybridized carbons (Fsp3) is 1.00. The minimum atomic E-state index is -4.60. The van der Waals surface area contributed by atoms with Gasteiger partial charge in [0.25, 0.3) is 0 Å². The summed E-state index contributed by atoms with van der Waals surface area (Å²) in [6.45, 7) is 2.88. The molecule has 3 nitrogen and oxygen atoms in total. The van der Waals surface area contributed by atoms with Gasteiger partial charge < -0.3 is 15.5 Å². The zero-order valence-corrected chi connectivity index (χ0v) is 8.93. The Morgan fingerprint density at radius 3 is 2.20 bits per heavy atom. The summed E-state index contributed by atoms with van der Waals surface area (Å²) >= 11 is 0. The molecule has 0 saturated heterocycles. The topological polar surface area (TPSA) is 52.5 Å². The van der Waals surface area contributed by atoms with Crippen LogP contribution in [0.3, 0.4) is 0 Å². The van der Waals surface area contributed by atoms with Gasteiger partial charge in [-0.1, -0.05) is 6.92 Å². The standard InChI is InChI=1S/C9H18F3NO2/c1-3-8(2,4-5-14)13-6-7(15)9(10,11)12/h7,13-15H,3-6H2,1-2H3. The average molecular weight is 229 g/mol.